The first kappa shape index (κ1) is 97.6. The molecule has 8 saturated heterocycles. The fourth-order valence-electron chi connectivity index (χ4n) is 13.9. The first-order valence-electron chi connectivity index (χ1n) is 40.4. The summed E-state index contributed by atoms with van der Waals surface area (Å²) in [6, 6.07) is 7.20. The molecule has 8 heterocycles. The average Bonchev–Trinajstić information content (AvgIpc) is 1.30. The van der Waals surface area contributed by atoms with Gasteiger partial charge in [0.2, 0.25) is 11.8 Å². The Labute approximate surface area is 616 Å². The summed E-state index contributed by atoms with van der Waals surface area (Å²) >= 11 is 0. The largest absolute Gasteiger partial charge is 0.353 e. The first-order chi connectivity index (χ1) is 46.2. The number of nitrogens with zero attached hydrogens (tertiary/aromatic N) is 13. The highest BCUT2D eigenvalue weighted by Crippen LogP contribution is 2.36. The maximum Gasteiger partial charge on any atom is 0.234 e. The lowest BCUT2D eigenvalue weighted by molar-refractivity contribution is -0.123. The van der Waals surface area contributed by atoms with E-state index >= 15 is 0 Å². The van der Waals surface area contributed by atoms with Gasteiger partial charge in [0.05, 0.1) is 20.0 Å². The molecule has 0 spiro atoms. The van der Waals surface area contributed by atoms with Crippen LogP contribution >= 0.6 is 7.14 Å². The second kappa shape index (κ2) is 56.0. The number of likely N-dealkylation sites (N-methyl/N-ethyl adjacent to an activating group) is 2. The molecule has 592 valence electrons. The van der Waals surface area contributed by atoms with Crippen LogP contribution < -0.4 is 16.0 Å². The molecule has 20 heteroatoms. The Morgan fingerprint density at radius 3 is 1.05 bits per heavy atom. The van der Waals surface area contributed by atoms with Crippen LogP contribution in [-0.2, 0) is 14.2 Å². The normalized spacial score (nSPS) is 21.4. The summed E-state index contributed by atoms with van der Waals surface area (Å²) in [6.45, 7) is 74.8. The van der Waals surface area contributed by atoms with Crippen LogP contribution in [0, 0.1) is 0 Å². The van der Waals surface area contributed by atoms with E-state index in [9.17, 15) is 14.2 Å². The topological polar surface area (TPSA) is 129 Å². The van der Waals surface area contributed by atoms with E-state index in [-0.39, 0.29) is 19.2 Å². The van der Waals surface area contributed by atoms with Crippen molar-refractivity contribution in [3.8, 4) is 0 Å². The van der Waals surface area contributed by atoms with E-state index in [4.69, 9.17) is 0 Å². The molecule has 0 saturated carbocycles. The molecule has 0 aromatic rings. The minimum Gasteiger partial charge on any atom is -0.353 e. The molecule has 0 bridgehead atoms. The van der Waals surface area contributed by atoms with Gasteiger partial charge in [0.25, 0.3) is 0 Å². The number of unbranched alkanes of at least 4 members (excludes halogenated alkanes) is 1. The maximum absolute atomic E-state index is 11.6. The third kappa shape index (κ3) is 47.7. The second-order valence-electron chi connectivity index (χ2n) is 33.0. The lowest BCUT2D eigenvalue weighted by atomic mass is 10.0. The molecule has 99 heavy (non-hydrogen) atoms. The van der Waals surface area contributed by atoms with Gasteiger partial charge in [-0.15, -0.1) is 0 Å². The van der Waals surface area contributed by atoms with Gasteiger partial charge < -0.3 is 59.7 Å². The predicted molar refractivity (Wildman–Crippen MR) is 434 cm³/mol. The molecule has 3 N–H and O–H groups in total. The Kier molecular flexibility index (Phi) is 55.2. The zero-order valence-corrected chi connectivity index (χ0v) is 70.5. The Morgan fingerprint density at radius 2 is 0.737 bits per heavy atom. The van der Waals surface area contributed by atoms with E-state index in [2.05, 4.69) is 214 Å². The number of rotatable bonds is 19. The summed E-state index contributed by atoms with van der Waals surface area (Å²) in [6.07, 6.45) is 16.8. The maximum atomic E-state index is 11.6. The van der Waals surface area contributed by atoms with Gasteiger partial charge in [-0.05, 0) is 250 Å². The van der Waals surface area contributed by atoms with E-state index in [1.165, 1.54) is 150 Å². The van der Waals surface area contributed by atoms with Gasteiger partial charge in [0, 0.05) is 204 Å². The molecule has 8 rings (SSSR count). The van der Waals surface area contributed by atoms with Crippen LogP contribution in [0.5, 0.6) is 0 Å². The smallest absolute Gasteiger partial charge is 0.234 e. The monoisotopic (exact) mass is 1430 g/mol. The number of piperidine rings is 3. The number of likely N-dealkylation sites (tertiary alicyclic amines) is 4. The van der Waals surface area contributed by atoms with Gasteiger partial charge >= 0.3 is 0 Å². The van der Waals surface area contributed by atoms with Crippen LogP contribution in [0.4, 0.5) is 0 Å². The lowest BCUT2D eigenvalue weighted by Gasteiger charge is -2.37. The highest BCUT2D eigenvalue weighted by Gasteiger charge is 2.26. The van der Waals surface area contributed by atoms with Crippen LogP contribution in [-0.4, -0.2) is 367 Å². The SMILES string of the molecule is C.CC(C)N1CCC(N(C)C)CC1.CC(C)N1CCC(NC(=O)CN(C)C)CC1.CC(C)N1CCCCCC1.CC(C)N1CCN(C)CC1.CC(C)N1CCN(CP(C)(C)=O)CC1.CC(C)N1CCNCC1.CCC(=O)NC1CCN(C(C)C)CC1.CCCCN1CCN(C(C)C)CC1. The molecule has 0 aromatic heterocycles. The summed E-state index contributed by atoms with van der Waals surface area (Å²) in [5, 5.41) is 9.49. The highest BCUT2D eigenvalue weighted by atomic mass is 31.2. The Bertz CT molecular complexity index is 1920. The van der Waals surface area contributed by atoms with Crippen molar-refractivity contribution in [1.82, 2.24) is 79.6 Å². The molecule has 0 aromatic carbocycles. The minimum atomic E-state index is -1.87. The van der Waals surface area contributed by atoms with Crippen molar-refractivity contribution in [2.24, 2.45) is 0 Å². The quantitative estimate of drug-likeness (QED) is 0.106. The number of hydrogen-bond acceptors (Lipinski definition) is 17. The van der Waals surface area contributed by atoms with E-state index in [1.54, 1.807) is 0 Å². The van der Waals surface area contributed by atoms with Gasteiger partial charge in [-0.3, -0.25) is 34.1 Å². The van der Waals surface area contributed by atoms with Gasteiger partial charge in [0.1, 0.15) is 0 Å². The van der Waals surface area contributed by atoms with Crippen LogP contribution in [0.1, 0.15) is 216 Å². The molecule has 2 amide bonds. The summed E-state index contributed by atoms with van der Waals surface area (Å²) < 4.78 is 11.6. The Balaban J connectivity index is 0.00000111. The first-order valence-corrected chi connectivity index (χ1v) is 43.1. The second-order valence-corrected chi connectivity index (χ2v) is 36.4. The third-order valence-corrected chi connectivity index (χ3v) is 22.2. The van der Waals surface area contributed by atoms with E-state index in [0.29, 0.717) is 43.2 Å². The standard InChI is InChI=1S/C12H25N3O.C11H22N2O.C11H24N2.C10H23N2OP.C10H22N2.C9H19N.C8H18N2.C7H16N2.CH4/c1-10(2)15-7-5-11(6-8-15)13-12(16)9-14(3)4;1-4-11(14)12-10-5-7-13(8-6-10)9(2)3;1-4-5-6-12-7-9-13(10-8-12)11(2)3;1-10(2)12-7-5-11(6-8-12)9-14(3,4)13;1-9(2)12-7-5-10(6-8-12)11(3)4;1-9(2)10-7-5-3-4-6-8-10;1-8(2)10-6-4-9(3)5-7-10;1-7(2)9-5-3-8-4-6-9;/h10-11H,5-9H2,1-4H3,(H,13,16);9-10H,4-8H2,1-3H3,(H,12,14);11H,4-10H2,1-3H3;10H,5-9H2,1-4H3;9-10H,5-8H2,1-4H3;9H,3-8H2,1-2H3;8H,4-7H2,1-3H3;7-8H,3-6H2,1-2H3;1H4. The Hall–Kier alpha value is -1.39. The van der Waals surface area contributed by atoms with Crippen molar-refractivity contribution < 1.29 is 14.2 Å². The zero-order valence-electron chi connectivity index (χ0n) is 69.6. The number of nitrogens with one attached hydrogen (secondary N) is 3. The van der Waals surface area contributed by atoms with Gasteiger partial charge in [-0.25, -0.2) is 0 Å². The molecule has 8 fully saturated rings. The number of hydrogen-bond donors (Lipinski definition) is 3. The van der Waals surface area contributed by atoms with Gasteiger partial charge in [-0.2, -0.15) is 0 Å². The van der Waals surface area contributed by atoms with Crippen LogP contribution in [0.3, 0.4) is 0 Å². The summed E-state index contributed by atoms with van der Waals surface area (Å²) in [4.78, 5) is 54.5. The van der Waals surface area contributed by atoms with Crippen LogP contribution in [0.2, 0.25) is 0 Å². The zero-order chi connectivity index (χ0) is 73.9. The van der Waals surface area contributed by atoms with Crippen molar-refractivity contribution in [2.45, 2.75) is 282 Å². The average molecular weight is 1430 g/mol. The van der Waals surface area contributed by atoms with Gasteiger partial charge in [0.15, 0.2) is 0 Å². The summed E-state index contributed by atoms with van der Waals surface area (Å²) in [5.41, 5.74) is 0. The molecular formula is C79H173N16O3P. The van der Waals surface area contributed by atoms with Crippen molar-refractivity contribution >= 4 is 19.0 Å². The van der Waals surface area contributed by atoms with Crippen LogP contribution in [0.25, 0.3) is 0 Å². The van der Waals surface area contributed by atoms with Gasteiger partial charge in [-0.1, -0.05) is 40.5 Å². The van der Waals surface area contributed by atoms with Crippen molar-refractivity contribution in [3.05, 3.63) is 0 Å². The number of carbonyl (C=O) groups excluding carboxylic acids is 2. The fraction of sp³-hybridized carbons (Fsp3) is 0.975. The molecule has 0 radical (unpaired) electrons. The number of piperazine rings is 4. The molecule has 19 nitrogen and oxygen atoms in total. The summed E-state index contributed by atoms with van der Waals surface area (Å²) in [5.74, 6) is 0.334. The third-order valence-electron chi connectivity index (χ3n) is 21.2. The van der Waals surface area contributed by atoms with E-state index in [0.717, 1.165) is 134 Å². The van der Waals surface area contributed by atoms with E-state index < -0.39 is 7.14 Å². The summed E-state index contributed by atoms with van der Waals surface area (Å²) in [7, 11) is 8.54. The Morgan fingerprint density at radius 1 is 0.424 bits per heavy atom. The predicted octanol–water partition coefficient (Wildman–Crippen LogP) is 10.6. The minimum absolute atomic E-state index is 0. The molecule has 0 atom stereocenters. The lowest BCUT2D eigenvalue weighted by Crippen LogP contribution is -2.48. The van der Waals surface area contributed by atoms with Crippen molar-refractivity contribution in [3.63, 3.8) is 0 Å². The van der Waals surface area contributed by atoms with Crippen LogP contribution in [0.15, 0.2) is 0 Å². The number of amides is 2. The fourth-order valence-corrected chi connectivity index (χ4v) is 15.1. The molecule has 0 unspecified atom stereocenters. The molecule has 8 aliphatic rings. The molecule has 8 aliphatic heterocycles. The highest BCUT2D eigenvalue weighted by molar-refractivity contribution is 7.62. The van der Waals surface area contributed by atoms with Crippen molar-refractivity contribution in [2.75, 3.05) is 225 Å². The molecular weight excluding hydrogens is 1250 g/mol. The van der Waals surface area contributed by atoms with Crippen molar-refractivity contribution in [1.29, 1.82) is 0 Å². The van der Waals surface area contributed by atoms with E-state index in [1.807, 2.05) is 39.2 Å². The number of carbonyl (C=O) groups is 2. The molecule has 0 aliphatic carbocycles.